The largest absolute Gasteiger partial charge is 0.340 e. The highest BCUT2D eigenvalue weighted by molar-refractivity contribution is 6.04. The monoisotopic (exact) mass is 455 g/mol. The van der Waals surface area contributed by atoms with E-state index in [2.05, 4.69) is 30.9 Å². The van der Waals surface area contributed by atoms with Crippen LogP contribution in [0.5, 0.6) is 0 Å². The molecule has 10 heteroatoms. The first-order valence-corrected chi connectivity index (χ1v) is 10.3. The first kappa shape index (κ1) is 22.3. The van der Waals surface area contributed by atoms with E-state index < -0.39 is 10.8 Å². The lowest BCUT2D eigenvalue weighted by Gasteiger charge is -2.11. The lowest BCUT2D eigenvalue weighted by atomic mass is 10.2. The quantitative estimate of drug-likeness (QED) is 0.258. The molecule has 4 aromatic rings. The third-order valence-electron chi connectivity index (χ3n) is 4.74. The molecule has 0 fully saturated rings. The Hall–Kier alpha value is -4.86. The zero-order valence-electron chi connectivity index (χ0n) is 18.4. The second-order valence-electron chi connectivity index (χ2n) is 7.49. The molecule has 3 N–H and O–H groups in total. The first-order chi connectivity index (χ1) is 16.4. The number of carbonyl (C=O) groups excluding carboxylic acids is 1. The van der Waals surface area contributed by atoms with Crippen LogP contribution in [0.1, 0.15) is 21.7 Å². The van der Waals surface area contributed by atoms with E-state index in [0.29, 0.717) is 29.0 Å². The molecule has 0 saturated heterocycles. The van der Waals surface area contributed by atoms with Crippen LogP contribution in [-0.4, -0.2) is 25.8 Å². The van der Waals surface area contributed by atoms with Crippen molar-refractivity contribution in [2.24, 2.45) is 0 Å². The van der Waals surface area contributed by atoms with Crippen LogP contribution in [0.3, 0.4) is 0 Å². The van der Waals surface area contributed by atoms with Gasteiger partial charge in [0, 0.05) is 41.3 Å². The number of pyridine rings is 1. The van der Waals surface area contributed by atoms with Gasteiger partial charge in [-0.1, -0.05) is 6.07 Å². The molecule has 0 bridgehead atoms. The average molecular weight is 455 g/mol. The standard InChI is InChI=1S/C24H21N7O3/c1-15-10-11-25-21(12-15)30-23-14-22(26-16(2)27-23)28-18-6-8-19(9-7-18)29-24(32)17-4-3-5-20(13-17)31(33)34/h3-14H,1-2H3,(H,29,32)(H2,25,26,27,28,30). The lowest BCUT2D eigenvalue weighted by Crippen LogP contribution is -2.12. The van der Waals surface area contributed by atoms with Crippen LogP contribution in [0.2, 0.25) is 0 Å². The predicted molar refractivity (Wildman–Crippen MR) is 130 cm³/mol. The molecule has 0 aliphatic heterocycles. The average Bonchev–Trinajstić information content (AvgIpc) is 2.80. The van der Waals surface area contributed by atoms with Gasteiger partial charge in [-0.2, -0.15) is 0 Å². The summed E-state index contributed by atoms with van der Waals surface area (Å²) in [4.78, 5) is 35.9. The van der Waals surface area contributed by atoms with E-state index in [4.69, 9.17) is 0 Å². The molecule has 170 valence electrons. The molecule has 0 spiro atoms. The Morgan fingerprint density at radius 1 is 0.853 bits per heavy atom. The van der Waals surface area contributed by atoms with E-state index in [1.165, 1.54) is 24.3 Å². The number of amides is 1. The number of nitro groups is 1. The summed E-state index contributed by atoms with van der Waals surface area (Å²) in [6.07, 6.45) is 1.73. The summed E-state index contributed by atoms with van der Waals surface area (Å²) < 4.78 is 0. The third-order valence-corrected chi connectivity index (χ3v) is 4.74. The van der Waals surface area contributed by atoms with Crippen molar-refractivity contribution in [2.75, 3.05) is 16.0 Å². The molecule has 0 aliphatic rings. The van der Waals surface area contributed by atoms with Crippen molar-refractivity contribution in [1.82, 2.24) is 15.0 Å². The molecule has 0 atom stereocenters. The minimum absolute atomic E-state index is 0.139. The minimum Gasteiger partial charge on any atom is -0.340 e. The van der Waals surface area contributed by atoms with Crippen LogP contribution in [-0.2, 0) is 0 Å². The number of hydrogen-bond acceptors (Lipinski definition) is 8. The number of anilines is 5. The minimum atomic E-state index is -0.537. The summed E-state index contributed by atoms with van der Waals surface area (Å²) >= 11 is 0. The Balaban J connectivity index is 1.43. The van der Waals surface area contributed by atoms with Gasteiger partial charge in [0.2, 0.25) is 0 Å². The van der Waals surface area contributed by atoms with Gasteiger partial charge >= 0.3 is 0 Å². The number of carbonyl (C=O) groups is 1. The van der Waals surface area contributed by atoms with Crippen molar-refractivity contribution in [3.05, 3.63) is 100.0 Å². The highest BCUT2D eigenvalue weighted by Gasteiger charge is 2.12. The Kier molecular flexibility index (Phi) is 6.40. The molecule has 0 unspecified atom stereocenters. The van der Waals surface area contributed by atoms with Crippen LogP contribution in [0.25, 0.3) is 0 Å². The van der Waals surface area contributed by atoms with Crippen LogP contribution in [0.15, 0.2) is 72.9 Å². The fraction of sp³-hybridized carbons (Fsp3) is 0.0833. The van der Waals surface area contributed by atoms with Crippen molar-refractivity contribution < 1.29 is 9.72 Å². The molecule has 10 nitrogen and oxygen atoms in total. The van der Waals surface area contributed by atoms with Gasteiger partial charge in [0.15, 0.2) is 0 Å². The molecule has 0 saturated carbocycles. The van der Waals surface area contributed by atoms with E-state index in [-0.39, 0.29) is 11.3 Å². The van der Waals surface area contributed by atoms with E-state index in [9.17, 15) is 14.9 Å². The molecule has 1 amide bonds. The van der Waals surface area contributed by atoms with E-state index in [1.807, 2.05) is 19.1 Å². The van der Waals surface area contributed by atoms with Gasteiger partial charge in [0.05, 0.1) is 4.92 Å². The van der Waals surface area contributed by atoms with Crippen molar-refractivity contribution in [1.29, 1.82) is 0 Å². The number of nitrogens with zero attached hydrogens (tertiary/aromatic N) is 4. The number of hydrogen-bond donors (Lipinski definition) is 3. The number of benzene rings is 2. The topological polar surface area (TPSA) is 135 Å². The lowest BCUT2D eigenvalue weighted by molar-refractivity contribution is -0.384. The van der Waals surface area contributed by atoms with Crippen LogP contribution < -0.4 is 16.0 Å². The van der Waals surface area contributed by atoms with Crippen LogP contribution in [0.4, 0.5) is 34.5 Å². The summed E-state index contributed by atoms with van der Waals surface area (Å²) in [5.74, 6) is 2.04. The molecular formula is C24H21N7O3. The summed E-state index contributed by atoms with van der Waals surface area (Å²) in [5.41, 5.74) is 2.45. The maximum absolute atomic E-state index is 12.4. The Labute approximate surface area is 195 Å². The number of non-ortho nitro benzene ring substituents is 1. The fourth-order valence-electron chi connectivity index (χ4n) is 3.18. The van der Waals surface area contributed by atoms with E-state index in [1.54, 1.807) is 43.5 Å². The van der Waals surface area contributed by atoms with Gasteiger partial charge in [0.1, 0.15) is 23.3 Å². The molecule has 0 aliphatic carbocycles. The normalized spacial score (nSPS) is 10.4. The zero-order valence-corrected chi connectivity index (χ0v) is 18.4. The number of aryl methyl sites for hydroxylation is 2. The van der Waals surface area contributed by atoms with Crippen molar-refractivity contribution >= 4 is 40.4 Å². The van der Waals surface area contributed by atoms with Crippen molar-refractivity contribution in [3.63, 3.8) is 0 Å². The summed E-state index contributed by atoms with van der Waals surface area (Å²) in [6.45, 7) is 3.79. The van der Waals surface area contributed by atoms with E-state index >= 15 is 0 Å². The molecule has 2 aromatic heterocycles. The van der Waals surface area contributed by atoms with Gasteiger partial charge in [-0.15, -0.1) is 0 Å². The van der Waals surface area contributed by atoms with Gasteiger partial charge in [0.25, 0.3) is 11.6 Å². The highest BCUT2D eigenvalue weighted by atomic mass is 16.6. The molecule has 2 aromatic carbocycles. The molecule has 2 heterocycles. The number of nitro benzene ring substituents is 1. The smallest absolute Gasteiger partial charge is 0.270 e. The zero-order chi connectivity index (χ0) is 24.1. The summed E-state index contributed by atoms with van der Waals surface area (Å²) in [6, 6.07) is 18.2. The Morgan fingerprint density at radius 2 is 1.56 bits per heavy atom. The fourth-order valence-corrected chi connectivity index (χ4v) is 3.18. The number of aromatic nitrogens is 3. The Morgan fingerprint density at radius 3 is 2.26 bits per heavy atom. The number of rotatable bonds is 7. The molecular weight excluding hydrogens is 434 g/mol. The second kappa shape index (κ2) is 9.74. The number of nitrogens with one attached hydrogen (secondary N) is 3. The van der Waals surface area contributed by atoms with Crippen LogP contribution >= 0.6 is 0 Å². The molecule has 0 radical (unpaired) electrons. The molecule has 34 heavy (non-hydrogen) atoms. The van der Waals surface area contributed by atoms with Gasteiger partial charge in [-0.25, -0.2) is 15.0 Å². The molecule has 4 rings (SSSR count). The summed E-state index contributed by atoms with van der Waals surface area (Å²) in [5, 5.41) is 20.0. The maximum atomic E-state index is 12.4. The SMILES string of the molecule is Cc1ccnc(Nc2cc(Nc3ccc(NC(=O)c4cccc([N+](=O)[O-])c4)cc3)nc(C)n2)c1. The van der Waals surface area contributed by atoms with Crippen LogP contribution in [0, 0.1) is 24.0 Å². The first-order valence-electron chi connectivity index (χ1n) is 10.3. The maximum Gasteiger partial charge on any atom is 0.270 e. The predicted octanol–water partition coefficient (Wildman–Crippen LogP) is 5.14. The Bertz CT molecular complexity index is 1360. The van der Waals surface area contributed by atoms with Gasteiger partial charge in [-0.05, 0) is 61.9 Å². The summed E-state index contributed by atoms with van der Waals surface area (Å²) in [7, 11) is 0. The van der Waals surface area contributed by atoms with Gasteiger partial charge < -0.3 is 16.0 Å². The van der Waals surface area contributed by atoms with Crippen molar-refractivity contribution in [2.45, 2.75) is 13.8 Å². The van der Waals surface area contributed by atoms with Gasteiger partial charge in [-0.3, -0.25) is 14.9 Å². The third kappa shape index (κ3) is 5.68. The highest BCUT2D eigenvalue weighted by Crippen LogP contribution is 2.22. The van der Waals surface area contributed by atoms with E-state index in [0.717, 1.165) is 11.3 Å². The second-order valence-corrected chi connectivity index (χ2v) is 7.49. The van der Waals surface area contributed by atoms with Crippen molar-refractivity contribution in [3.8, 4) is 0 Å².